The van der Waals surface area contributed by atoms with Crippen LogP contribution in [0.15, 0.2) is 12.3 Å². The molecule has 0 N–H and O–H groups in total. The van der Waals surface area contributed by atoms with E-state index in [1.165, 1.54) is 13.8 Å². The summed E-state index contributed by atoms with van der Waals surface area (Å²) in [6.45, 7) is 2.68. The van der Waals surface area contributed by atoms with Gasteiger partial charge in [-0.2, -0.15) is 8.78 Å². The minimum Gasteiger partial charge on any atom is -0.461 e. The van der Waals surface area contributed by atoms with Crippen LogP contribution in [0.5, 0.6) is 0 Å². The summed E-state index contributed by atoms with van der Waals surface area (Å²) in [5.74, 6) is -7.09. The lowest BCUT2D eigenvalue weighted by Crippen LogP contribution is -2.30. The second kappa shape index (κ2) is 4.51. The molecule has 1 aromatic rings. The first-order valence-corrected chi connectivity index (χ1v) is 4.57. The molecule has 0 aliphatic carbocycles. The van der Waals surface area contributed by atoms with E-state index in [2.05, 4.69) is 9.72 Å². The molecular weight excluding hydrogens is 223 g/mol. The Balaban J connectivity index is 3.11. The maximum Gasteiger partial charge on any atom is 0.387 e. The van der Waals surface area contributed by atoms with Crippen molar-refractivity contribution in [3.05, 3.63) is 29.3 Å². The Kier molecular flexibility index (Phi) is 3.51. The van der Waals surface area contributed by atoms with E-state index in [1.54, 1.807) is 0 Å². The van der Waals surface area contributed by atoms with E-state index in [1.807, 2.05) is 0 Å². The van der Waals surface area contributed by atoms with Gasteiger partial charge in [0.05, 0.1) is 6.61 Å². The molecule has 0 aliphatic rings. The van der Waals surface area contributed by atoms with Gasteiger partial charge in [0.2, 0.25) is 0 Å². The first kappa shape index (κ1) is 12.5. The predicted octanol–water partition coefficient (Wildman–Crippen LogP) is 2.18. The summed E-state index contributed by atoms with van der Waals surface area (Å²) >= 11 is 0. The summed E-state index contributed by atoms with van der Waals surface area (Å²) in [7, 11) is 0. The molecule has 3 nitrogen and oxygen atoms in total. The van der Waals surface area contributed by atoms with Crippen molar-refractivity contribution < 1.29 is 22.7 Å². The number of rotatable bonds is 3. The van der Waals surface area contributed by atoms with Gasteiger partial charge in [-0.1, -0.05) is 0 Å². The lowest BCUT2D eigenvalue weighted by Gasteiger charge is -2.14. The number of halogens is 3. The van der Waals surface area contributed by atoms with E-state index < -0.39 is 23.4 Å². The van der Waals surface area contributed by atoms with Crippen molar-refractivity contribution >= 4 is 5.97 Å². The zero-order valence-corrected chi connectivity index (χ0v) is 8.76. The number of hydrogen-bond donors (Lipinski definition) is 0. The highest BCUT2D eigenvalue weighted by Crippen LogP contribution is 2.29. The number of aryl methyl sites for hydroxylation is 1. The third-order valence-electron chi connectivity index (χ3n) is 1.81. The average Bonchev–Trinajstić information content (AvgIpc) is 2.17. The molecule has 0 atom stereocenters. The molecule has 1 aromatic heterocycles. The van der Waals surface area contributed by atoms with Crippen molar-refractivity contribution in [3.8, 4) is 0 Å². The minimum atomic E-state index is -4.06. The molecule has 0 fully saturated rings. The van der Waals surface area contributed by atoms with E-state index in [0.717, 1.165) is 12.3 Å². The average molecular weight is 233 g/mol. The molecule has 0 aliphatic heterocycles. The van der Waals surface area contributed by atoms with E-state index in [-0.39, 0.29) is 6.61 Å². The summed E-state index contributed by atoms with van der Waals surface area (Å²) in [5, 5.41) is 0. The summed E-state index contributed by atoms with van der Waals surface area (Å²) in [6.07, 6.45) is 1.06. The maximum absolute atomic E-state index is 13.4. The van der Waals surface area contributed by atoms with Gasteiger partial charge in [-0.25, -0.2) is 9.18 Å². The highest BCUT2D eigenvalue weighted by atomic mass is 19.3. The molecule has 0 unspecified atom stereocenters. The van der Waals surface area contributed by atoms with Gasteiger partial charge in [0, 0.05) is 6.20 Å². The highest BCUT2D eigenvalue weighted by molar-refractivity contribution is 5.78. The predicted molar refractivity (Wildman–Crippen MR) is 49.5 cm³/mol. The van der Waals surface area contributed by atoms with Crippen molar-refractivity contribution in [2.75, 3.05) is 6.61 Å². The number of nitrogens with zero attached hydrogens (tertiary/aromatic N) is 1. The number of pyridine rings is 1. The first-order chi connectivity index (χ1) is 7.39. The Morgan fingerprint density at radius 3 is 2.69 bits per heavy atom. The zero-order valence-electron chi connectivity index (χ0n) is 8.76. The fourth-order valence-corrected chi connectivity index (χ4v) is 1.08. The van der Waals surface area contributed by atoms with Crippen molar-refractivity contribution in [2.24, 2.45) is 0 Å². The highest BCUT2D eigenvalue weighted by Gasteiger charge is 2.46. The van der Waals surface area contributed by atoms with Gasteiger partial charge >= 0.3 is 11.9 Å². The maximum atomic E-state index is 13.4. The lowest BCUT2D eigenvalue weighted by molar-refractivity contribution is -0.174. The number of carbonyl (C=O) groups is 1. The van der Waals surface area contributed by atoms with Gasteiger partial charge in [0.15, 0.2) is 11.5 Å². The number of carbonyl (C=O) groups excluding carboxylic acids is 1. The Labute approximate surface area is 90.2 Å². The molecule has 0 amide bonds. The molecule has 0 bridgehead atoms. The lowest BCUT2D eigenvalue weighted by atomic mass is 10.2. The normalized spacial score (nSPS) is 11.3. The van der Waals surface area contributed by atoms with Crippen LogP contribution in [-0.4, -0.2) is 17.6 Å². The van der Waals surface area contributed by atoms with E-state index in [9.17, 15) is 18.0 Å². The van der Waals surface area contributed by atoms with Gasteiger partial charge in [0.1, 0.15) is 0 Å². The molecule has 0 saturated carbocycles. The molecule has 0 aromatic carbocycles. The van der Waals surface area contributed by atoms with Crippen LogP contribution in [0.25, 0.3) is 0 Å². The van der Waals surface area contributed by atoms with Crippen LogP contribution in [0, 0.1) is 12.7 Å². The largest absolute Gasteiger partial charge is 0.461 e. The standard InChI is InChI=1S/C10H10F3NO2/c1-3-16-9(15)10(12,13)8-7(11)4-6(2)5-14-8/h4-5H,3H2,1-2H3. The molecular formula is C10H10F3NO2. The van der Waals surface area contributed by atoms with Crippen molar-refractivity contribution in [2.45, 2.75) is 19.8 Å². The van der Waals surface area contributed by atoms with Gasteiger partial charge < -0.3 is 4.74 Å². The van der Waals surface area contributed by atoms with Gasteiger partial charge in [-0.3, -0.25) is 4.98 Å². The van der Waals surface area contributed by atoms with E-state index in [0.29, 0.717) is 5.56 Å². The van der Waals surface area contributed by atoms with Crippen LogP contribution in [0.2, 0.25) is 0 Å². The van der Waals surface area contributed by atoms with Crippen LogP contribution in [0.4, 0.5) is 13.2 Å². The third-order valence-corrected chi connectivity index (χ3v) is 1.81. The number of hydrogen-bond acceptors (Lipinski definition) is 3. The molecule has 16 heavy (non-hydrogen) atoms. The van der Waals surface area contributed by atoms with Crippen LogP contribution < -0.4 is 0 Å². The van der Waals surface area contributed by atoms with Gasteiger partial charge in [-0.05, 0) is 25.5 Å². The van der Waals surface area contributed by atoms with Crippen LogP contribution in [0.3, 0.4) is 0 Å². The Morgan fingerprint density at radius 1 is 1.56 bits per heavy atom. The fourth-order valence-electron chi connectivity index (χ4n) is 1.08. The number of alkyl halides is 2. The molecule has 1 rings (SSSR count). The Hall–Kier alpha value is -1.59. The molecule has 88 valence electrons. The van der Waals surface area contributed by atoms with Crippen LogP contribution in [0.1, 0.15) is 18.2 Å². The second-order valence-electron chi connectivity index (χ2n) is 3.14. The fraction of sp³-hybridized carbons (Fsp3) is 0.400. The van der Waals surface area contributed by atoms with Crippen molar-refractivity contribution in [1.82, 2.24) is 4.98 Å². The van der Waals surface area contributed by atoms with Crippen LogP contribution in [-0.2, 0) is 15.5 Å². The van der Waals surface area contributed by atoms with Gasteiger partial charge in [0.25, 0.3) is 0 Å². The van der Waals surface area contributed by atoms with Crippen molar-refractivity contribution in [1.29, 1.82) is 0 Å². The zero-order chi connectivity index (χ0) is 12.3. The summed E-state index contributed by atoms with van der Waals surface area (Å²) in [5.41, 5.74) is -0.822. The SMILES string of the molecule is CCOC(=O)C(F)(F)c1ncc(C)cc1F. The summed E-state index contributed by atoms with van der Waals surface area (Å²) in [4.78, 5) is 14.2. The molecule has 1 heterocycles. The smallest absolute Gasteiger partial charge is 0.387 e. The Bertz CT molecular complexity index is 407. The number of aromatic nitrogens is 1. The monoisotopic (exact) mass is 233 g/mol. The van der Waals surface area contributed by atoms with E-state index >= 15 is 0 Å². The third kappa shape index (κ3) is 2.32. The Morgan fingerprint density at radius 2 is 2.19 bits per heavy atom. The first-order valence-electron chi connectivity index (χ1n) is 4.57. The van der Waals surface area contributed by atoms with Crippen molar-refractivity contribution in [3.63, 3.8) is 0 Å². The number of ether oxygens (including phenoxy) is 1. The van der Waals surface area contributed by atoms with E-state index in [4.69, 9.17) is 0 Å². The molecule has 0 saturated heterocycles. The summed E-state index contributed by atoms with van der Waals surface area (Å²) in [6, 6.07) is 0.884. The molecule has 6 heteroatoms. The molecule has 0 radical (unpaired) electrons. The van der Waals surface area contributed by atoms with Crippen LogP contribution >= 0.6 is 0 Å². The molecule has 0 spiro atoms. The summed E-state index contributed by atoms with van der Waals surface area (Å²) < 4.78 is 44.1. The minimum absolute atomic E-state index is 0.206. The second-order valence-corrected chi connectivity index (χ2v) is 3.14. The topological polar surface area (TPSA) is 39.2 Å². The quantitative estimate of drug-likeness (QED) is 0.751. The van der Waals surface area contributed by atoms with Gasteiger partial charge in [-0.15, -0.1) is 0 Å². The number of esters is 1.